The summed E-state index contributed by atoms with van der Waals surface area (Å²) in [5.41, 5.74) is 8.39. The molecule has 3 N–H and O–H groups in total. The summed E-state index contributed by atoms with van der Waals surface area (Å²) in [5, 5.41) is 3.32. The second-order valence-corrected chi connectivity index (χ2v) is 7.53. The Kier molecular flexibility index (Phi) is 3.43. The Hall–Kier alpha value is -3.03. The zero-order chi connectivity index (χ0) is 18.7. The first-order chi connectivity index (χ1) is 13.1. The molecule has 1 aromatic carbocycles. The number of para-hydroxylation sites is 1. The second-order valence-electron chi connectivity index (χ2n) is 7.53. The average molecular weight is 367 g/mol. The maximum absolute atomic E-state index is 13.4. The van der Waals surface area contributed by atoms with E-state index in [-0.39, 0.29) is 23.5 Å². The molecule has 2 atom stereocenters. The maximum atomic E-state index is 13.4. The molecule has 1 fully saturated rings. The molecule has 27 heavy (non-hydrogen) atoms. The van der Waals surface area contributed by atoms with Gasteiger partial charge < -0.3 is 0 Å². The third-order valence-electron chi connectivity index (χ3n) is 5.99. The zero-order valence-corrected chi connectivity index (χ0v) is 15.3. The fourth-order valence-electron chi connectivity index (χ4n) is 4.67. The van der Waals surface area contributed by atoms with Crippen LogP contribution in [-0.4, -0.2) is 38.1 Å². The first kappa shape index (κ1) is 16.2. The van der Waals surface area contributed by atoms with Crippen LogP contribution in [0.25, 0.3) is 5.69 Å². The van der Waals surface area contributed by atoms with Crippen molar-refractivity contribution in [3.05, 3.63) is 62.6 Å². The van der Waals surface area contributed by atoms with Crippen LogP contribution in [0.3, 0.4) is 0 Å². The zero-order valence-electron chi connectivity index (χ0n) is 15.3. The van der Waals surface area contributed by atoms with E-state index in [0.717, 1.165) is 31.4 Å². The number of likely N-dealkylation sites (N-methyl/N-ethyl adjacent to an activating group) is 1. The van der Waals surface area contributed by atoms with E-state index in [4.69, 9.17) is 5.73 Å². The van der Waals surface area contributed by atoms with Crippen molar-refractivity contribution in [2.75, 3.05) is 13.6 Å². The number of aromatic nitrogens is 3. The van der Waals surface area contributed by atoms with Crippen molar-refractivity contribution in [3.8, 4) is 5.69 Å². The minimum atomic E-state index is -0.297. The van der Waals surface area contributed by atoms with E-state index < -0.39 is 0 Å². The molecular weight excluding hydrogens is 344 g/mol. The van der Waals surface area contributed by atoms with Gasteiger partial charge in [-0.05, 0) is 37.0 Å². The molecule has 1 aliphatic carbocycles. The summed E-state index contributed by atoms with van der Waals surface area (Å²) in [6.45, 7) is 0.558. The number of benzene rings is 1. The predicted octanol–water partition coefficient (Wildman–Crippen LogP) is 0.285. The third kappa shape index (κ3) is 2.19. The fraction of sp³-hybridized carbons (Fsp3) is 0.421. The number of nitrogens with one attached hydrogen (secondary N) is 1. The summed E-state index contributed by atoms with van der Waals surface area (Å²) in [7, 11) is 1.89. The van der Waals surface area contributed by atoms with Crippen molar-refractivity contribution in [2.24, 2.45) is 5.73 Å². The number of nitrogens with two attached hydrogens (primary N) is 1. The van der Waals surface area contributed by atoms with Crippen LogP contribution < -0.4 is 22.4 Å². The minimum absolute atomic E-state index is 0.0844. The van der Waals surface area contributed by atoms with Crippen molar-refractivity contribution in [2.45, 2.75) is 37.8 Å². The summed E-state index contributed by atoms with van der Waals surface area (Å²) in [5.74, 6) is 0.587. The molecule has 1 aromatic heterocycles. The number of hydrogen-bond donors (Lipinski definition) is 2. The number of allylic oxidation sites excluding steroid dienone is 1. The van der Waals surface area contributed by atoms with Gasteiger partial charge in [-0.1, -0.05) is 24.6 Å². The molecule has 0 bridgehead atoms. The molecular formula is C19H23N6O2+. The summed E-state index contributed by atoms with van der Waals surface area (Å²) < 4.78 is 6.50. The Bertz CT molecular complexity index is 1100. The van der Waals surface area contributed by atoms with Crippen molar-refractivity contribution in [1.29, 1.82) is 0 Å². The van der Waals surface area contributed by atoms with E-state index in [9.17, 15) is 9.59 Å². The highest BCUT2D eigenvalue weighted by atomic mass is 16.2. The molecule has 2 aromatic rings. The van der Waals surface area contributed by atoms with Crippen molar-refractivity contribution >= 4 is 5.96 Å². The van der Waals surface area contributed by atoms with Gasteiger partial charge in [0.25, 0.3) is 0 Å². The Labute approximate surface area is 155 Å². The van der Waals surface area contributed by atoms with Crippen LogP contribution in [0.2, 0.25) is 0 Å². The van der Waals surface area contributed by atoms with Gasteiger partial charge in [-0.2, -0.15) is 0 Å². The quantitative estimate of drug-likeness (QED) is 0.709. The molecule has 2 unspecified atom stereocenters. The van der Waals surface area contributed by atoms with Gasteiger partial charge in [0.15, 0.2) is 0 Å². The topological polar surface area (TPSA) is 90.0 Å². The van der Waals surface area contributed by atoms with Crippen LogP contribution in [0.4, 0.5) is 0 Å². The molecule has 2 aliphatic heterocycles. The predicted molar refractivity (Wildman–Crippen MR) is 101 cm³/mol. The molecule has 5 rings (SSSR count). The molecule has 0 spiro atoms. The lowest BCUT2D eigenvalue weighted by Crippen LogP contribution is -2.54. The smallest absolute Gasteiger partial charge is 0.290 e. The van der Waals surface area contributed by atoms with Crippen molar-refractivity contribution < 1.29 is 4.58 Å². The summed E-state index contributed by atoms with van der Waals surface area (Å²) >= 11 is 0. The summed E-state index contributed by atoms with van der Waals surface area (Å²) in [6, 6.07) is 8.81. The van der Waals surface area contributed by atoms with E-state index in [1.807, 2.05) is 29.8 Å². The molecule has 8 nitrogen and oxygen atoms in total. The van der Waals surface area contributed by atoms with E-state index in [2.05, 4.69) is 5.32 Å². The van der Waals surface area contributed by atoms with Crippen LogP contribution in [0.15, 0.2) is 51.2 Å². The van der Waals surface area contributed by atoms with Gasteiger partial charge in [-0.3, -0.25) is 10.3 Å². The van der Waals surface area contributed by atoms with Crippen LogP contribution >= 0.6 is 0 Å². The molecule has 3 aliphatic rings. The number of nitrogens with zero attached hydrogens (tertiary/aromatic N) is 4. The molecule has 1 saturated carbocycles. The van der Waals surface area contributed by atoms with E-state index in [1.54, 1.807) is 21.5 Å². The van der Waals surface area contributed by atoms with Gasteiger partial charge in [-0.15, -0.1) is 0 Å². The lowest BCUT2D eigenvalue weighted by Gasteiger charge is -2.38. The molecule has 0 amide bonds. The monoisotopic (exact) mass is 367 g/mol. The third-order valence-corrected chi connectivity index (χ3v) is 5.99. The molecule has 8 heteroatoms. The average Bonchev–Trinajstić information content (AvgIpc) is 2.95. The first-order valence-corrected chi connectivity index (χ1v) is 9.43. The Morgan fingerprint density at radius 3 is 2.52 bits per heavy atom. The fourth-order valence-corrected chi connectivity index (χ4v) is 4.67. The number of rotatable bonds is 1. The molecule has 140 valence electrons. The van der Waals surface area contributed by atoms with Crippen LogP contribution in [0.1, 0.15) is 37.8 Å². The number of fused-ring (bicyclic) bond motifs is 5. The largest absolute Gasteiger partial charge is 0.352 e. The van der Waals surface area contributed by atoms with Gasteiger partial charge in [-0.25, -0.2) is 28.8 Å². The standard InChI is InChI=1S/C19H22N6O2/c1-22-11-15-16(21-17(22)20)13-9-5-6-10-14(13)24-18(26)23(19(27)25(15)24)12-7-3-2-4-8-12/h2-4,7-8,14-15H,5-6,9-11H2,1H3,(H2,20,21)/p+1. The Morgan fingerprint density at radius 2 is 1.78 bits per heavy atom. The van der Waals surface area contributed by atoms with Crippen molar-refractivity contribution in [3.63, 3.8) is 0 Å². The van der Waals surface area contributed by atoms with Gasteiger partial charge >= 0.3 is 17.3 Å². The highest BCUT2D eigenvalue weighted by molar-refractivity contribution is 5.76. The van der Waals surface area contributed by atoms with Crippen LogP contribution in [-0.2, 0) is 0 Å². The van der Waals surface area contributed by atoms with E-state index >= 15 is 0 Å². The van der Waals surface area contributed by atoms with Crippen LogP contribution in [0, 0.1) is 0 Å². The Balaban J connectivity index is 1.80. The van der Waals surface area contributed by atoms with Gasteiger partial charge in [0, 0.05) is 0 Å². The van der Waals surface area contributed by atoms with E-state index in [0.29, 0.717) is 18.2 Å². The normalized spacial score (nSPS) is 24.2. The highest BCUT2D eigenvalue weighted by Crippen LogP contribution is 2.40. The first-order valence-electron chi connectivity index (χ1n) is 9.43. The van der Waals surface area contributed by atoms with Gasteiger partial charge in [0.05, 0.1) is 25.3 Å². The minimum Gasteiger partial charge on any atom is -0.290 e. The summed E-state index contributed by atoms with van der Waals surface area (Å²) in [6.07, 6.45) is 3.93. The molecule has 3 heterocycles. The highest BCUT2D eigenvalue weighted by Gasteiger charge is 2.43. The SMILES string of the molecule is C[N+]1=C(N)NC2=C3CCCCC3n3c(=O)n(-c4ccccc4)c(=O)n3C2C1. The lowest BCUT2D eigenvalue weighted by molar-refractivity contribution is -0.509. The summed E-state index contributed by atoms with van der Waals surface area (Å²) in [4.78, 5) is 26.7. The maximum Gasteiger partial charge on any atom is 0.352 e. The second kappa shape index (κ2) is 5.73. The van der Waals surface area contributed by atoms with Gasteiger partial charge in [0.2, 0.25) is 0 Å². The lowest BCUT2D eigenvalue weighted by atomic mass is 9.85. The molecule has 0 radical (unpaired) electrons. The van der Waals surface area contributed by atoms with E-state index in [1.165, 1.54) is 10.1 Å². The van der Waals surface area contributed by atoms with Crippen molar-refractivity contribution in [1.82, 2.24) is 19.2 Å². The van der Waals surface area contributed by atoms with Gasteiger partial charge in [0.1, 0.15) is 11.7 Å². The number of guanidine groups is 1. The number of hydrogen-bond acceptors (Lipinski definition) is 4. The van der Waals surface area contributed by atoms with Crippen LogP contribution in [0.5, 0.6) is 0 Å². The Morgan fingerprint density at radius 1 is 1.07 bits per heavy atom. The molecule has 0 saturated heterocycles.